The Labute approximate surface area is 864 Å². The number of hydrogen-bond acceptors (Lipinski definition) is 35. The number of hydrogen-bond donors (Lipinski definition) is 20. The van der Waals surface area contributed by atoms with Crippen molar-refractivity contribution in [3.05, 3.63) is 186 Å². The minimum atomic E-state index is -4.08. The van der Waals surface area contributed by atoms with Crippen LogP contribution in [0.3, 0.4) is 0 Å². The molecule has 0 radical (unpaired) electrons. The molecule has 147 heavy (non-hydrogen) atoms. The Hall–Kier alpha value is -12.6. The van der Waals surface area contributed by atoms with Crippen LogP contribution in [0.5, 0.6) is 28.7 Å². The molecule has 3 aromatic heterocycles. The summed E-state index contributed by atoms with van der Waals surface area (Å²) in [5.41, 5.74) is 0.995. The lowest BCUT2D eigenvalue weighted by Gasteiger charge is -2.15. The Morgan fingerprint density at radius 2 is 0.497 bits per heavy atom. The van der Waals surface area contributed by atoms with Gasteiger partial charge in [-0.1, -0.05) is 92.6 Å². The number of anilines is 6. The molecule has 26 N–H and O–H groups in total. The fourth-order valence-corrected chi connectivity index (χ4v) is 17.8. The molecule has 2 aliphatic rings. The van der Waals surface area contributed by atoms with Crippen molar-refractivity contribution >= 4 is 142 Å². The van der Waals surface area contributed by atoms with Gasteiger partial charge in [0.25, 0.3) is 0 Å². The lowest BCUT2D eigenvalue weighted by molar-refractivity contribution is 0.0685. The number of carboxylic acid groups (broad SMARTS) is 6. The monoisotopic (exact) mass is 2200 g/mol. The molecule has 11 rings (SSSR count). The van der Waals surface area contributed by atoms with E-state index in [1.807, 2.05) is 84.0 Å². The van der Waals surface area contributed by atoms with Crippen LogP contribution in [0.4, 0.5) is 34.1 Å². The van der Waals surface area contributed by atoms with E-state index < -0.39 is 96.0 Å². The quantitative estimate of drug-likeness (QED) is 0.0125. The van der Waals surface area contributed by atoms with E-state index in [-0.39, 0.29) is 91.5 Å². The van der Waals surface area contributed by atoms with Gasteiger partial charge in [0.2, 0.25) is 60.1 Å². The molecule has 0 aliphatic carbocycles. The first-order valence-electron chi connectivity index (χ1n) is 45.9. The van der Waals surface area contributed by atoms with Crippen LogP contribution >= 0.6 is 11.8 Å². The fraction of sp³-hybridized carbons (Fsp3) is 0.415. The number of ether oxygens (including phenoxy) is 5. The maximum atomic E-state index is 11.6. The van der Waals surface area contributed by atoms with E-state index in [1.54, 1.807) is 43.7 Å². The van der Waals surface area contributed by atoms with Gasteiger partial charge < -0.3 is 106 Å². The molecular formula is C94H141N15O31S7. The number of carboxylic acids is 6. The second-order valence-corrected chi connectivity index (χ2v) is 41.0. The van der Waals surface area contributed by atoms with Gasteiger partial charge in [0.1, 0.15) is 24.5 Å². The zero-order chi connectivity index (χ0) is 111. The minimum Gasteiger partial charge on any atom is -0.493 e. The van der Waals surface area contributed by atoms with Gasteiger partial charge in [-0.05, 0) is 206 Å². The number of primary sulfonamides is 6. The van der Waals surface area contributed by atoms with Crippen molar-refractivity contribution in [1.82, 2.24) is 15.6 Å². The largest absolute Gasteiger partial charge is 0.493 e. The first-order valence-corrected chi connectivity index (χ1v) is 56.4. The SMILES string of the molecule is C1CCNC1.C1CCNCC1.CCCCNc1cc(C(=O)O)cc(S(N)(=O)=O)c1OC.CCCCNc1cc(C(=O)O)cc(S(N)(=O)=O)c1OC.CCCCNc1cc(C(=O)O)cc(S(N)(=O)=O)c1OC.CCCCNc1cc(C(=O)O)cc(S(N)(=O)=O)c1OC.CCCCNc1cc(C(=O)O)cc(S(N)(=O)=O)c1OC.CCCCNc1cc(C(=O)O)cc(S(N)(=O)=O)c1SC.c1ccncc1.c1ccoc1.c1ccoc1. The van der Waals surface area contributed by atoms with Gasteiger partial charge >= 0.3 is 35.8 Å². The van der Waals surface area contributed by atoms with Crippen molar-refractivity contribution in [1.29, 1.82) is 0 Å². The van der Waals surface area contributed by atoms with Crippen molar-refractivity contribution in [2.24, 2.45) is 30.8 Å². The normalized spacial score (nSPS) is 11.8. The van der Waals surface area contributed by atoms with Crippen LogP contribution in [0.1, 0.15) is 213 Å². The number of nitrogens with two attached hydrogens (primary N) is 6. The lowest BCUT2D eigenvalue weighted by atomic mass is 10.1. The molecule has 5 heterocycles. The number of nitrogens with zero attached hydrogens (tertiary/aromatic N) is 1. The van der Waals surface area contributed by atoms with Crippen LogP contribution in [-0.2, 0) is 60.1 Å². The van der Waals surface area contributed by atoms with Crippen LogP contribution in [-0.4, -0.2) is 229 Å². The number of nitrogens with one attached hydrogen (secondary N) is 8. The summed E-state index contributed by atoms with van der Waals surface area (Å²) in [7, 11) is -17.9. The van der Waals surface area contributed by atoms with Crippen LogP contribution in [0.15, 0.2) is 196 Å². The van der Waals surface area contributed by atoms with Crippen molar-refractivity contribution in [3.63, 3.8) is 0 Å². The molecule has 9 aromatic rings. The van der Waals surface area contributed by atoms with Crippen LogP contribution in [0, 0.1) is 0 Å². The van der Waals surface area contributed by atoms with Crippen molar-refractivity contribution in [2.45, 2.75) is 185 Å². The van der Waals surface area contributed by atoms with Gasteiger partial charge in [0.15, 0.2) is 28.7 Å². The van der Waals surface area contributed by atoms with E-state index in [0.717, 1.165) is 113 Å². The third kappa shape index (κ3) is 51.0. The molecule has 0 spiro atoms. The average molecular weight is 2200 g/mol. The summed E-state index contributed by atoms with van der Waals surface area (Å²) in [5.74, 6) is -7.28. The number of methoxy groups -OCH3 is 5. The van der Waals surface area contributed by atoms with Crippen molar-refractivity contribution in [3.8, 4) is 28.7 Å². The van der Waals surface area contributed by atoms with E-state index in [2.05, 4.69) is 56.4 Å². The molecule has 2 aliphatic heterocycles. The molecule has 2 saturated heterocycles. The minimum absolute atomic E-state index is 0.0219. The lowest BCUT2D eigenvalue weighted by Crippen LogP contribution is -2.21. The van der Waals surface area contributed by atoms with Crippen LogP contribution < -0.4 is 97.1 Å². The topological polar surface area (TPSA) is 766 Å². The zero-order valence-corrected chi connectivity index (χ0v) is 89.9. The molecule has 0 saturated carbocycles. The van der Waals surface area contributed by atoms with Gasteiger partial charge in [-0.25, -0.2) is 110 Å². The molecule has 0 bridgehead atoms. The van der Waals surface area contributed by atoms with E-state index in [0.29, 0.717) is 78.3 Å². The maximum absolute atomic E-state index is 11.6. The third-order valence-corrected chi connectivity index (χ3v) is 26.0. The van der Waals surface area contributed by atoms with Gasteiger partial charge in [0.05, 0.1) is 138 Å². The highest BCUT2D eigenvalue weighted by Gasteiger charge is 2.29. The summed E-state index contributed by atoms with van der Waals surface area (Å²) in [6.07, 6.45) is 29.5. The number of sulfonamides is 6. The van der Waals surface area contributed by atoms with Crippen LogP contribution in [0.25, 0.3) is 0 Å². The number of unbranched alkanes of at least 4 members (excludes halogenated alkanes) is 6. The van der Waals surface area contributed by atoms with Gasteiger partial charge in [0, 0.05) is 51.7 Å². The Balaban J connectivity index is 0.000000835. The maximum Gasteiger partial charge on any atom is 0.335 e. The van der Waals surface area contributed by atoms with E-state index in [1.165, 1.54) is 142 Å². The predicted molar refractivity (Wildman–Crippen MR) is 564 cm³/mol. The molecule has 0 unspecified atom stereocenters. The van der Waals surface area contributed by atoms with Crippen molar-refractivity contribution < 1.29 is 142 Å². The molecule has 820 valence electrons. The number of rotatable bonds is 42. The van der Waals surface area contributed by atoms with Gasteiger partial charge in [-0.2, -0.15) is 0 Å². The standard InChI is InChI=1S/5C12H18N2O5S.C12H18N2O4S2.C5H11N.C5H5N.C4H9N.2C4H4O/c6*1-3-4-5-14-9-6-8(12(15)16)7-10(11(9)19-2)20(13,17)18;2*1-2-4-6-5-3-1;3*1-2-4-5-3-1/h6*6-7,14H,3-5H2,1-2H3,(H,15,16)(H2,13,17,18);6H,1-5H2;1-5H;5H,1-4H2;2*1-4H. The molecule has 0 atom stereocenters. The van der Waals surface area contributed by atoms with E-state index >= 15 is 0 Å². The number of thioether (sulfide) groups is 1. The molecule has 0 amide bonds. The summed E-state index contributed by atoms with van der Waals surface area (Å²) in [5, 5.41) is 109. The highest BCUT2D eigenvalue weighted by Crippen LogP contribution is 2.40. The Morgan fingerprint density at radius 1 is 0.306 bits per heavy atom. The third-order valence-electron chi connectivity index (χ3n) is 19.5. The molecule has 6 aromatic carbocycles. The number of benzene rings is 6. The number of carbonyl (C=O) groups is 6. The van der Waals surface area contributed by atoms with Crippen molar-refractivity contribution in [2.75, 3.05) is 139 Å². The second-order valence-electron chi connectivity index (χ2n) is 31.0. The number of aromatic carboxylic acids is 6. The Morgan fingerprint density at radius 3 is 0.626 bits per heavy atom. The summed E-state index contributed by atoms with van der Waals surface area (Å²) in [6, 6.07) is 27.1. The number of pyridine rings is 1. The van der Waals surface area contributed by atoms with Gasteiger partial charge in [-0.3, -0.25) is 4.98 Å². The second kappa shape index (κ2) is 70.3. The number of aromatic nitrogens is 1. The van der Waals surface area contributed by atoms with E-state index in [4.69, 9.17) is 85.2 Å². The molecule has 46 nitrogen and oxygen atoms in total. The summed E-state index contributed by atoms with van der Waals surface area (Å²) in [4.78, 5) is 68.7. The Kier molecular flexibility index (Phi) is 63.3. The smallest absolute Gasteiger partial charge is 0.335 e. The molecule has 2 fully saturated rings. The summed E-state index contributed by atoms with van der Waals surface area (Å²) in [6.45, 7) is 20.5. The number of piperidine rings is 1. The first kappa shape index (κ1) is 132. The number of furan rings is 2. The van der Waals surface area contributed by atoms with Crippen LogP contribution in [0.2, 0.25) is 0 Å². The molecule has 53 heteroatoms. The van der Waals surface area contributed by atoms with E-state index in [9.17, 15) is 79.3 Å². The Bertz CT molecular complexity index is 5310. The molecular weight excluding hydrogens is 2060 g/mol. The summed E-state index contributed by atoms with van der Waals surface area (Å²) >= 11 is 1.21. The highest BCUT2D eigenvalue weighted by atomic mass is 32.2. The average Bonchev–Trinajstić information content (AvgIpc) is 1.59. The first-order chi connectivity index (χ1) is 69.3. The zero-order valence-electron chi connectivity index (χ0n) is 84.2. The predicted octanol–water partition coefficient (Wildman–Crippen LogP) is 13.0. The highest BCUT2D eigenvalue weighted by molar-refractivity contribution is 7.99. The summed E-state index contributed by atoms with van der Waals surface area (Å²) < 4.78 is 173. The van der Waals surface area contributed by atoms with Gasteiger partial charge in [-0.15, -0.1) is 11.8 Å². The fourth-order valence-electron chi connectivity index (χ4n) is 12.3.